The predicted octanol–water partition coefficient (Wildman–Crippen LogP) is 3.25. The van der Waals surface area contributed by atoms with Crippen molar-refractivity contribution in [2.75, 3.05) is 7.11 Å². The number of methoxy groups -OCH3 is 1. The highest BCUT2D eigenvalue weighted by Gasteiger charge is 2.12. The van der Waals surface area contributed by atoms with E-state index in [-0.39, 0.29) is 11.3 Å². The molecular formula is C14H12O4S. The highest BCUT2D eigenvalue weighted by Crippen LogP contribution is 2.34. The lowest BCUT2D eigenvalue weighted by atomic mass is 10.2. The van der Waals surface area contributed by atoms with Gasteiger partial charge in [-0.2, -0.15) is 0 Å². The molecule has 0 aromatic heterocycles. The second-order valence-electron chi connectivity index (χ2n) is 3.77. The number of aromatic carboxylic acids is 1. The Balaban J connectivity index is 2.36. The summed E-state index contributed by atoms with van der Waals surface area (Å²) in [4.78, 5) is 12.5. The maximum atomic E-state index is 11.1. The van der Waals surface area contributed by atoms with E-state index in [9.17, 15) is 9.90 Å². The van der Waals surface area contributed by atoms with Crippen LogP contribution in [0.15, 0.2) is 52.3 Å². The van der Waals surface area contributed by atoms with E-state index >= 15 is 0 Å². The lowest BCUT2D eigenvalue weighted by Gasteiger charge is -2.07. The summed E-state index contributed by atoms with van der Waals surface area (Å²) in [6.07, 6.45) is 0. The van der Waals surface area contributed by atoms with E-state index in [1.807, 2.05) is 18.2 Å². The Morgan fingerprint density at radius 2 is 2.00 bits per heavy atom. The molecule has 2 N–H and O–H groups in total. The van der Waals surface area contributed by atoms with Crippen molar-refractivity contribution < 1.29 is 19.7 Å². The summed E-state index contributed by atoms with van der Waals surface area (Å²) < 4.78 is 5.11. The van der Waals surface area contributed by atoms with E-state index in [0.29, 0.717) is 10.6 Å². The molecule has 0 unspecified atom stereocenters. The van der Waals surface area contributed by atoms with Crippen molar-refractivity contribution in [1.29, 1.82) is 0 Å². The Hall–Kier alpha value is -2.14. The number of phenolic OH excluding ortho intramolecular Hbond substituents is 1. The van der Waals surface area contributed by atoms with Gasteiger partial charge in [0.2, 0.25) is 0 Å². The van der Waals surface area contributed by atoms with E-state index < -0.39 is 5.97 Å². The number of hydrogen-bond donors (Lipinski definition) is 2. The van der Waals surface area contributed by atoms with Gasteiger partial charge in [0.15, 0.2) is 0 Å². The summed E-state index contributed by atoms with van der Waals surface area (Å²) in [6, 6.07) is 11.5. The number of benzene rings is 2. The first kappa shape index (κ1) is 13.3. The van der Waals surface area contributed by atoms with Crippen molar-refractivity contribution in [3.05, 3.63) is 48.0 Å². The van der Waals surface area contributed by atoms with Crippen molar-refractivity contribution in [3.8, 4) is 11.5 Å². The molecular weight excluding hydrogens is 264 g/mol. The fourth-order valence-corrected chi connectivity index (χ4v) is 2.58. The van der Waals surface area contributed by atoms with E-state index in [1.54, 1.807) is 13.2 Å². The molecule has 2 rings (SSSR count). The molecule has 2 aromatic carbocycles. The molecule has 2 aromatic rings. The minimum Gasteiger partial charge on any atom is -0.508 e. The van der Waals surface area contributed by atoms with Crippen LogP contribution in [0.5, 0.6) is 11.5 Å². The molecule has 4 nitrogen and oxygen atoms in total. The number of aromatic hydroxyl groups is 1. The first-order chi connectivity index (χ1) is 9.10. The Kier molecular flexibility index (Phi) is 3.97. The van der Waals surface area contributed by atoms with Gasteiger partial charge in [-0.3, -0.25) is 0 Å². The van der Waals surface area contributed by atoms with Gasteiger partial charge in [-0.1, -0.05) is 17.8 Å². The zero-order chi connectivity index (χ0) is 13.8. The van der Waals surface area contributed by atoms with Crippen LogP contribution in [0.25, 0.3) is 0 Å². The molecule has 0 atom stereocenters. The Morgan fingerprint density at radius 1 is 1.21 bits per heavy atom. The van der Waals surface area contributed by atoms with Crippen LogP contribution < -0.4 is 4.74 Å². The van der Waals surface area contributed by atoms with Gasteiger partial charge in [0, 0.05) is 9.79 Å². The topological polar surface area (TPSA) is 66.8 Å². The van der Waals surface area contributed by atoms with Crippen LogP contribution in [0, 0.1) is 0 Å². The molecule has 0 aliphatic heterocycles. The largest absolute Gasteiger partial charge is 0.508 e. The van der Waals surface area contributed by atoms with Crippen LogP contribution in [0.4, 0.5) is 0 Å². The first-order valence-corrected chi connectivity index (χ1v) is 6.30. The Morgan fingerprint density at radius 3 is 2.68 bits per heavy atom. The van der Waals surface area contributed by atoms with Crippen molar-refractivity contribution in [3.63, 3.8) is 0 Å². The van der Waals surface area contributed by atoms with Gasteiger partial charge in [-0.25, -0.2) is 4.79 Å². The van der Waals surface area contributed by atoms with Crippen LogP contribution in [0.3, 0.4) is 0 Å². The fraction of sp³-hybridized carbons (Fsp3) is 0.0714. The average molecular weight is 276 g/mol. The smallest absolute Gasteiger partial charge is 0.336 e. The number of phenols is 1. The average Bonchev–Trinajstić information content (AvgIpc) is 2.38. The number of carboxylic acids is 1. The second kappa shape index (κ2) is 5.67. The molecule has 0 heterocycles. The van der Waals surface area contributed by atoms with Gasteiger partial charge in [0.05, 0.1) is 12.7 Å². The molecule has 0 radical (unpaired) electrons. The maximum absolute atomic E-state index is 11.1. The third-order valence-corrected chi connectivity index (χ3v) is 3.51. The third-order valence-electron chi connectivity index (χ3n) is 2.46. The molecule has 0 spiro atoms. The first-order valence-electron chi connectivity index (χ1n) is 5.48. The van der Waals surface area contributed by atoms with E-state index in [1.165, 1.54) is 30.0 Å². The fourth-order valence-electron chi connectivity index (χ4n) is 1.56. The molecule has 0 aliphatic rings. The summed E-state index contributed by atoms with van der Waals surface area (Å²) in [7, 11) is 1.57. The van der Waals surface area contributed by atoms with Crippen molar-refractivity contribution in [2.45, 2.75) is 9.79 Å². The van der Waals surface area contributed by atoms with Crippen LogP contribution >= 0.6 is 11.8 Å². The molecule has 98 valence electrons. The van der Waals surface area contributed by atoms with Gasteiger partial charge >= 0.3 is 5.97 Å². The zero-order valence-electron chi connectivity index (χ0n) is 10.2. The molecule has 5 heteroatoms. The molecule has 0 fully saturated rings. The lowest BCUT2D eigenvalue weighted by molar-refractivity contribution is 0.0693. The summed E-state index contributed by atoms with van der Waals surface area (Å²) >= 11 is 1.27. The molecule has 19 heavy (non-hydrogen) atoms. The number of carboxylic acid groups (broad SMARTS) is 1. The number of carbonyl (C=O) groups is 1. The van der Waals surface area contributed by atoms with Crippen LogP contribution in [0.2, 0.25) is 0 Å². The molecule has 0 amide bonds. The van der Waals surface area contributed by atoms with E-state index in [4.69, 9.17) is 9.84 Å². The maximum Gasteiger partial charge on any atom is 0.336 e. The van der Waals surface area contributed by atoms with Crippen LogP contribution in [-0.2, 0) is 0 Å². The summed E-state index contributed by atoms with van der Waals surface area (Å²) in [5, 5.41) is 18.6. The van der Waals surface area contributed by atoms with Crippen LogP contribution in [-0.4, -0.2) is 23.3 Å². The van der Waals surface area contributed by atoms with Crippen LogP contribution in [0.1, 0.15) is 10.4 Å². The van der Waals surface area contributed by atoms with Gasteiger partial charge in [-0.05, 0) is 36.4 Å². The van der Waals surface area contributed by atoms with Crippen molar-refractivity contribution in [2.24, 2.45) is 0 Å². The number of ether oxygens (including phenoxy) is 1. The summed E-state index contributed by atoms with van der Waals surface area (Å²) in [5.74, 6) is -0.289. The van der Waals surface area contributed by atoms with Gasteiger partial charge in [0.1, 0.15) is 11.5 Å². The SMILES string of the molecule is COc1cccc(Sc2cc(O)ccc2C(=O)O)c1. The van der Waals surface area contributed by atoms with Gasteiger partial charge in [0.25, 0.3) is 0 Å². The molecule has 0 bridgehead atoms. The minimum atomic E-state index is -1.02. The lowest BCUT2D eigenvalue weighted by Crippen LogP contribution is -1.98. The molecule has 0 saturated carbocycles. The standard InChI is InChI=1S/C14H12O4S/c1-18-10-3-2-4-11(8-10)19-13-7-9(15)5-6-12(13)14(16)17/h2-8,15H,1H3,(H,16,17). The van der Waals surface area contributed by atoms with Crippen molar-refractivity contribution in [1.82, 2.24) is 0 Å². The minimum absolute atomic E-state index is 0.0374. The Labute approximate surface area is 114 Å². The zero-order valence-corrected chi connectivity index (χ0v) is 11.0. The van der Waals surface area contributed by atoms with Gasteiger partial charge < -0.3 is 14.9 Å². The summed E-state index contributed by atoms with van der Waals surface area (Å²) in [6.45, 7) is 0. The van der Waals surface area contributed by atoms with Crippen molar-refractivity contribution >= 4 is 17.7 Å². The van der Waals surface area contributed by atoms with Gasteiger partial charge in [-0.15, -0.1) is 0 Å². The quantitative estimate of drug-likeness (QED) is 0.897. The highest BCUT2D eigenvalue weighted by atomic mass is 32.2. The Bertz CT molecular complexity index is 610. The summed E-state index contributed by atoms with van der Waals surface area (Å²) in [5.41, 5.74) is 0.158. The number of hydrogen-bond acceptors (Lipinski definition) is 4. The predicted molar refractivity (Wildman–Crippen MR) is 72.2 cm³/mol. The molecule has 0 aliphatic carbocycles. The normalized spacial score (nSPS) is 10.2. The highest BCUT2D eigenvalue weighted by molar-refractivity contribution is 7.99. The van der Waals surface area contributed by atoms with E-state index in [0.717, 1.165) is 4.90 Å². The second-order valence-corrected chi connectivity index (χ2v) is 4.88. The monoisotopic (exact) mass is 276 g/mol. The van der Waals surface area contributed by atoms with E-state index in [2.05, 4.69) is 0 Å². The molecule has 0 saturated heterocycles. The number of rotatable bonds is 4. The third kappa shape index (κ3) is 3.20.